The number of carbonyl (C=O) groups excluding carboxylic acids is 1. The van der Waals surface area contributed by atoms with Gasteiger partial charge in [0.25, 0.3) is 5.91 Å². The Labute approximate surface area is 127 Å². The molecule has 2 aromatic rings. The van der Waals surface area contributed by atoms with Crippen LogP contribution in [0.15, 0.2) is 28.1 Å². The molecule has 0 aliphatic carbocycles. The molecule has 7 heteroatoms. The summed E-state index contributed by atoms with van der Waals surface area (Å²) in [6.07, 6.45) is 0. The molecule has 5 nitrogen and oxygen atoms in total. The van der Waals surface area contributed by atoms with Gasteiger partial charge >= 0.3 is 0 Å². The van der Waals surface area contributed by atoms with Crippen molar-refractivity contribution in [2.75, 3.05) is 24.3 Å². The average molecular weight is 355 g/mol. The Morgan fingerprint density at radius 3 is 2.60 bits per heavy atom. The molecule has 1 amide bonds. The zero-order valence-electron chi connectivity index (χ0n) is 10.3. The summed E-state index contributed by atoms with van der Waals surface area (Å²) < 4.78 is 11.8. The molecule has 2 heterocycles. The van der Waals surface area contributed by atoms with Gasteiger partial charge in [-0.15, -0.1) is 11.3 Å². The van der Waals surface area contributed by atoms with Crippen molar-refractivity contribution in [1.82, 2.24) is 0 Å². The number of amides is 1. The van der Waals surface area contributed by atoms with Crippen molar-refractivity contribution in [3.63, 3.8) is 0 Å². The molecule has 3 N–H and O–H groups in total. The van der Waals surface area contributed by atoms with Crippen LogP contribution in [0.25, 0.3) is 0 Å². The zero-order valence-corrected chi connectivity index (χ0v) is 12.7. The second-order valence-corrected chi connectivity index (χ2v) is 6.60. The van der Waals surface area contributed by atoms with E-state index in [1.165, 1.54) is 11.3 Å². The SMILES string of the molecule is Nc1cc2c(cc1NC(=O)c1ccc(Br)s1)OCCO2. The predicted octanol–water partition coefficient (Wildman–Crippen LogP) is 3.12. The van der Waals surface area contributed by atoms with Crippen LogP contribution < -0.4 is 20.5 Å². The normalized spacial score (nSPS) is 13.1. The summed E-state index contributed by atoms with van der Waals surface area (Å²) in [7, 11) is 0. The second-order valence-electron chi connectivity index (χ2n) is 4.14. The summed E-state index contributed by atoms with van der Waals surface area (Å²) in [5.74, 6) is 0.989. The van der Waals surface area contributed by atoms with E-state index in [2.05, 4.69) is 21.2 Å². The Balaban J connectivity index is 1.85. The maximum Gasteiger partial charge on any atom is 0.265 e. The molecule has 20 heavy (non-hydrogen) atoms. The number of nitrogens with one attached hydrogen (secondary N) is 1. The number of rotatable bonds is 2. The van der Waals surface area contributed by atoms with Crippen molar-refractivity contribution in [3.8, 4) is 11.5 Å². The van der Waals surface area contributed by atoms with Gasteiger partial charge in [0.15, 0.2) is 11.5 Å². The van der Waals surface area contributed by atoms with Crippen LogP contribution in [-0.4, -0.2) is 19.1 Å². The lowest BCUT2D eigenvalue weighted by Crippen LogP contribution is -2.17. The first-order valence-electron chi connectivity index (χ1n) is 5.89. The summed E-state index contributed by atoms with van der Waals surface area (Å²) >= 11 is 4.68. The van der Waals surface area contributed by atoms with Crippen LogP contribution in [0.3, 0.4) is 0 Å². The number of hydrogen-bond acceptors (Lipinski definition) is 5. The van der Waals surface area contributed by atoms with Crippen LogP contribution in [0.2, 0.25) is 0 Å². The number of nitrogens with two attached hydrogens (primary N) is 1. The lowest BCUT2D eigenvalue weighted by atomic mass is 10.2. The third-order valence-electron chi connectivity index (χ3n) is 2.76. The van der Waals surface area contributed by atoms with Crippen LogP contribution in [0, 0.1) is 0 Å². The molecule has 0 saturated heterocycles. The van der Waals surface area contributed by atoms with E-state index in [9.17, 15) is 4.79 Å². The third kappa shape index (κ3) is 2.59. The number of halogens is 1. The molecule has 1 aromatic heterocycles. The maximum absolute atomic E-state index is 12.1. The summed E-state index contributed by atoms with van der Waals surface area (Å²) in [6, 6.07) is 6.92. The van der Waals surface area contributed by atoms with Gasteiger partial charge in [0, 0.05) is 12.1 Å². The first kappa shape index (κ1) is 13.3. The Morgan fingerprint density at radius 1 is 1.25 bits per heavy atom. The molecule has 0 fully saturated rings. The molecular formula is C13H11BrN2O3S. The zero-order chi connectivity index (χ0) is 14.1. The van der Waals surface area contributed by atoms with Crippen molar-refractivity contribution in [2.24, 2.45) is 0 Å². The molecule has 1 aromatic carbocycles. The maximum atomic E-state index is 12.1. The minimum absolute atomic E-state index is 0.205. The number of nitrogen functional groups attached to an aromatic ring is 1. The highest BCUT2D eigenvalue weighted by Gasteiger charge is 2.17. The van der Waals surface area contributed by atoms with Crippen molar-refractivity contribution in [2.45, 2.75) is 0 Å². The van der Waals surface area contributed by atoms with E-state index in [0.717, 1.165) is 3.79 Å². The first-order chi connectivity index (χ1) is 9.63. The number of hydrogen-bond donors (Lipinski definition) is 2. The highest BCUT2D eigenvalue weighted by Crippen LogP contribution is 2.37. The number of ether oxygens (including phenoxy) is 2. The van der Waals surface area contributed by atoms with Crippen molar-refractivity contribution >= 4 is 44.5 Å². The van der Waals surface area contributed by atoms with Gasteiger partial charge in [-0.1, -0.05) is 0 Å². The van der Waals surface area contributed by atoms with Gasteiger partial charge in [-0.05, 0) is 28.1 Å². The van der Waals surface area contributed by atoms with Crippen LogP contribution >= 0.6 is 27.3 Å². The van der Waals surface area contributed by atoms with E-state index >= 15 is 0 Å². The molecule has 1 aliphatic rings. The largest absolute Gasteiger partial charge is 0.486 e. The van der Waals surface area contributed by atoms with Crippen LogP contribution in [0.1, 0.15) is 9.67 Å². The van der Waals surface area contributed by atoms with Crippen LogP contribution in [-0.2, 0) is 0 Å². The molecular weight excluding hydrogens is 344 g/mol. The Kier molecular flexibility index (Phi) is 3.54. The minimum atomic E-state index is -0.205. The standard InChI is InChI=1S/C13H11BrN2O3S/c14-12-2-1-11(20-12)13(17)16-8-6-10-9(5-7(8)15)18-3-4-19-10/h1-2,5-6H,3-4,15H2,(H,16,17). The minimum Gasteiger partial charge on any atom is -0.486 e. The van der Waals surface area contributed by atoms with Gasteiger partial charge in [0.05, 0.1) is 20.0 Å². The van der Waals surface area contributed by atoms with Gasteiger partial charge in [-0.25, -0.2) is 0 Å². The predicted molar refractivity (Wildman–Crippen MR) is 81.8 cm³/mol. The van der Waals surface area contributed by atoms with E-state index in [1.54, 1.807) is 18.2 Å². The molecule has 1 aliphatic heterocycles. The van der Waals surface area contributed by atoms with Crippen molar-refractivity contribution in [1.29, 1.82) is 0 Å². The smallest absolute Gasteiger partial charge is 0.265 e. The molecule has 0 radical (unpaired) electrons. The first-order valence-corrected chi connectivity index (χ1v) is 7.50. The monoisotopic (exact) mass is 354 g/mol. The van der Waals surface area contributed by atoms with Crippen LogP contribution in [0.5, 0.6) is 11.5 Å². The number of benzene rings is 1. The fraction of sp³-hybridized carbons (Fsp3) is 0.154. The van der Waals surface area contributed by atoms with Gasteiger partial charge in [0.2, 0.25) is 0 Å². The Bertz CT molecular complexity index is 672. The van der Waals surface area contributed by atoms with Gasteiger partial charge in [-0.3, -0.25) is 4.79 Å². The molecule has 104 valence electrons. The fourth-order valence-electron chi connectivity index (χ4n) is 1.83. The number of anilines is 2. The Morgan fingerprint density at radius 2 is 1.95 bits per heavy atom. The third-order valence-corrected chi connectivity index (χ3v) is 4.38. The van der Waals surface area contributed by atoms with Crippen molar-refractivity contribution < 1.29 is 14.3 Å². The molecule has 3 rings (SSSR count). The summed E-state index contributed by atoms with van der Waals surface area (Å²) in [4.78, 5) is 12.7. The van der Waals surface area contributed by atoms with Crippen molar-refractivity contribution in [3.05, 3.63) is 32.9 Å². The number of carbonyl (C=O) groups is 1. The lowest BCUT2D eigenvalue weighted by molar-refractivity contribution is 0.103. The van der Waals surface area contributed by atoms with E-state index in [1.807, 2.05) is 6.07 Å². The quantitative estimate of drug-likeness (QED) is 0.812. The summed E-state index contributed by atoms with van der Waals surface area (Å²) in [5, 5.41) is 2.78. The molecule has 0 unspecified atom stereocenters. The van der Waals surface area contributed by atoms with E-state index in [0.29, 0.717) is 41.0 Å². The summed E-state index contributed by atoms with van der Waals surface area (Å²) in [6.45, 7) is 0.990. The molecule has 0 spiro atoms. The lowest BCUT2D eigenvalue weighted by Gasteiger charge is -2.20. The Hall–Kier alpha value is -1.73. The van der Waals surface area contributed by atoms with Gasteiger partial charge in [-0.2, -0.15) is 0 Å². The topological polar surface area (TPSA) is 73.6 Å². The molecule has 0 saturated carbocycles. The fourth-order valence-corrected chi connectivity index (χ4v) is 3.11. The second kappa shape index (κ2) is 5.34. The number of fused-ring (bicyclic) bond motifs is 1. The van der Waals surface area contributed by atoms with E-state index in [-0.39, 0.29) is 5.91 Å². The number of thiophene rings is 1. The van der Waals surface area contributed by atoms with Gasteiger partial charge in [0.1, 0.15) is 13.2 Å². The highest BCUT2D eigenvalue weighted by atomic mass is 79.9. The van der Waals surface area contributed by atoms with E-state index < -0.39 is 0 Å². The average Bonchev–Trinajstić information content (AvgIpc) is 2.86. The highest BCUT2D eigenvalue weighted by molar-refractivity contribution is 9.11. The molecule has 0 atom stereocenters. The summed E-state index contributed by atoms with van der Waals surface area (Å²) in [5.41, 5.74) is 6.88. The van der Waals surface area contributed by atoms with Crippen LogP contribution in [0.4, 0.5) is 11.4 Å². The molecule has 0 bridgehead atoms. The van der Waals surface area contributed by atoms with E-state index in [4.69, 9.17) is 15.2 Å². The van der Waals surface area contributed by atoms with Gasteiger partial charge < -0.3 is 20.5 Å².